The summed E-state index contributed by atoms with van der Waals surface area (Å²) in [6.45, 7) is 7.24. The van der Waals surface area contributed by atoms with E-state index in [0.29, 0.717) is 0 Å². The molecule has 21 heavy (non-hydrogen) atoms. The van der Waals surface area contributed by atoms with E-state index in [-0.39, 0.29) is 17.6 Å². The summed E-state index contributed by atoms with van der Waals surface area (Å²) in [6, 6.07) is 0. The van der Waals surface area contributed by atoms with Gasteiger partial charge in [-0.25, -0.2) is 4.79 Å². The van der Waals surface area contributed by atoms with Gasteiger partial charge in [0.25, 0.3) is 0 Å². The van der Waals surface area contributed by atoms with E-state index in [4.69, 9.17) is 9.47 Å². The highest BCUT2D eigenvalue weighted by Crippen LogP contribution is 2.49. The molecular weight excluding hydrogens is 270 g/mol. The Labute approximate surface area is 125 Å². The van der Waals surface area contributed by atoms with Crippen molar-refractivity contribution in [3.8, 4) is 5.75 Å². The Morgan fingerprint density at radius 2 is 2.05 bits per heavy atom. The van der Waals surface area contributed by atoms with Gasteiger partial charge in [0.1, 0.15) is 11.7 Å². The molecule has 0 atom stereocenters. The standard InChI is InChI=1S/C15H23N3O3/c1-14(2,3)21-13(19)18-9-15(10-18)5-11(6-15)20-12-7-16-17(4)8-12/h7-8,11H,5-6,9-10H2,1-4H3. The molecule has 0 radical (unpaired) electrons. The number of aromatic nitrogens is 2. The van der Waals surface area contributed by atoms with Crippen molar-refractivity contribution in [3.63, 3.8) is 0 Å². The summed E-state index contributed by atoms with van der Waals surface area (Å²) in [5.41, 5.74) is -0.171. The zero-order valence-electron chi connectivity index (χ0n) is 13.1. The smallest absolute Gasteiger partial charge is 0.410 e. The van der Waals surface area contributed by atoms with Crippen molar-refractivity contribution in [2.45, 2.75) is 45.3 Å². The molecule has 1 saturated carbocycles. The average Bonchev–Trinajstić information content (AvgIpc) is 2.62. The summed E-state index contributed by atoms with van der Waals surface area (Å²) in [6.07, 6.45) is 5.65. The second kappa shape index (κ2) is 4.64. The highest BCUT2D eigenvalue weighted by Gasteiger charge is 2.55. The molecule has 1 aliphatic heterocycles. The second-order valence-corrected chi connectivity index (χ2v) is 7.33. The van der Waals surface area contributed by atoms with Gasteiger partial charge in [0.05, 0.1) is 12.4 Å². The number of likely N-dealkylation sites (tertiary alicyclic amines) is 1. The van der Waals surface area contributed by atoms with Gasteiger partial charge in [0.2, 0.25) is 0 Å². The molecular formula is C15H23N3O3. The number of nitrogens with zero attached hydrogens (tertiary/aromatic N) is 3. The monoisotopic (exact) mass is 293 g/mol. The minimum absolute atomic E-state index is 0.204. The van der Waals surface area contributed by atoms with Crippen molar-refractivity contribution in [2.24, 2.45) is 12.5 Å². The molecule has 2 aliphatic rings. The first-order chi connectivity index (χ1) is 9.75. The first-order valence-electron chi connectivity index (χ1n) is 7.38. The fraction of sp³-hybridized carbons (Fsp3) is 0.733. The highest BCUT2D eigenvalue weighted by molar-refractivity contribution is 5.69. The van der Waals surface area contributed by atoms with Crippen molar-refractivity contribution >= 4 is 6.09 Å². The predicted molar refractivity (Wildman–Crippen MR) is 77.1 cm³/mol. The quantitative estimate of drug-likeness (QED) is 0.839. The maximum absolute atomic E-state index is 11.9. The number of rotatable bonds is 2. The maximum atomic E-state index is 11.9. The molecule has 1 amide bonds. The lowest BCUT2D eigenvalue weighted by Gasteiger charge is -2.58. The molecule has 2 heterocycles. The van der Waals surface area contributed by atoms with Gasteiger partial charge in [-0.2, -0.15) is 5.10 Å². The summed E-state index contributed by atoms with van der Waals surface area (Å²) < 4.78 is 13.0. The lowest BCUT2D eigenvalue weighted by Crippen LogP contribution is -2.66. The van der Waals surface area contributed by atoms with Crippen molar-refractivity contribution < 1.29 is 14.3 Å². The largest absolute Gasteiger partial charge is 0.487 e. The molecule has 6 nitrogen and oxygen atoms in total. The lowest BCUT2D eigenvalue weighted by atomic mass is 9.62. The van der Waals surface area contributed by atoms with E-state index < -0.39 is 5.60 Å². The number of carbonyl (C=O) groups excluding carboxylic acids is 1. The van der Waals surface area contributed by atoms with Crippen LogP contribution in [-0.2, 0) is 11.8 Å². The third-order valence-electron chi connectivity index (χ3n) is 4.01. The van der Waals surface area contributed by atoms with Crippen LogP contribution in [0.1, 0.15) is 33.6 Å². The number of aryl methyl sites for hydroxylation is 1. The van der Waals surface area contributed by atoms with E-state index >= 15 is 0 Å². The second-order valence-electron chi connectivity index (χ2n) is 7.33. The molecule has 6 heteroatoms. The van der Waals surface area contributed by atoms with E-state index in [2.05, 4.69) is 5.10 Å². The normalized spacial score (nSPS) is 20.9. The summed E-state index contributed by atoms with van der Waals surface area (Å²) in [7, 11) is 1.87. The molecule has 0 N–H and O–H groups in total. The predicted octanol–water partition coefficient (Wildman–Crippen LogP) is 2.20. The van der Waals surface area contributed by atoms with Crippen molar-refractivity contribution in [2.75, 3.05) is 13.1 Å². The van der Waals surface area contributed by atoms with E-state index in [1.54, 1.807) is 15.8 Å². The van der Waals surface area contributed by atoms with Crippen LogP contribution < -0.4 is 4.74 Å². The Morgan fingerprint density at radius 1 is 1.38 bits per heavy atom. The van der Waals surface area contributed by atoms with Gasteiger partial charge >= 0.3 is 6.09 Å². The number of ether oxygens (including phenoxy) is 2. The zero-order chi connectivity index (χ0) is 15.3. The van der Waals surface area contributed by atoms with Crippen molar-refractivity contribution in [1.29, 1.82) is 0 Å². The van der Waals surface area contributed by atoms with Gasteiger partial charge in [-0.1, -0.05) is 0 Å². The molecule has 116 valence electrons. The molecule has 1 aromatic rings. The van der Waals surface area contributed by atoms with Crippen LogP contribution in [0.25, 0.3) is 0 Å². The van der Waals surface area contributed by atoms with Gasteiger partial charge in [-0.15, -0.1) is 0 Å². The number of amides is 1. The molecule has 1 aromatic heterocycles. The number of carbonyl (C=O) groups is 1. The fourth-order valence-corrected chi connectivity index (χ4v) is 3.12. The first kappa shape index (κ1) is 14.2. The fourth-order valence-electron chi connectivity index (χ4n) is 3.12. The summed E-state index contributed by atoms with van der Waals surface area (Å²) in [4.78, 5) is 13.7. The van der Waals surface area contributed by atoms with Crippen molar-refractivity contribution in [3.05, 3.63) is 12.4 Å². The molecule has 1 aliphatic carbocycles. The Hall–Kier alpha value is -1.72. The maximum Gasteiger partial charge on any atom is 0.410 e. The molecule has 3 rings (SSSR count). The van der Waals surface area contributed by atoms with Crippen molar-refractivity contribution in [1.82, 2.24) is 14.7 Å². The van der Waals surface area contributed by atoms with Crippen LogP contribution in [0.3, 0.4) is 0 Å². The Bertz CT molecular complexity index is 533. The third-order valence-corrected chi connectivity index (χ3v) is 4.01. The van der Waals surface area contributed by atoms with Crippen LogP contribution in [0.15, 0.2) is 12.4 Å². The van der Waals surface area contributed by atoms with Gasteiger partial charge in [0.15, 0.2) is 5.75 Å². The molecule has 1 spiro atoms. The minimum Gasteiger partial charge on any atom is -0.487 e. The van der Waals surface area contributed by atoms with Gasteiger partial charge < -0.3 is 14.4 Å². The lowest BCUT2D eigenvalue weighted by molar-refractivity contribution is -0.116. The van der Waals surface area contributed by atoms with Crippen LogP contribution >= 0.6 is 0 Å². The Kier molecular flexibility index (Phi) is 3.15. The van der Waals surface area contributed by atoms with E-state index in [0.717, 1.165) is 31.7 Å². The molecule has 0 unspecified atom stereocenters. The summed E-state index contributed by atoms with van der Waals surface area (Å²) >= 11 is 0. The van der Waals surface area contributed by atoms with Gasteiger partial charge in [-0.05, 0) is 33.6 Å². The first-order valence-corrected chi connectivity index (χ1v) is 7.38. The molecule has 2 fully saturated rings. The van der Waals surface area contributed by atoms with E-state index in [9.17, 15) is 4.79 Å². The average molecular weight is 293 g/mol. The molecule has 1 saturated heterocycles. The van der Waals surface area contributed by atoms with Gasteiger partial charge in [-0.3, -0.25) is 4.68 Å². The highest BCUT2D eigenvalue weighted by atomic mass is 16.6. The van der Waals surface area contributed by atoms with Crippen LogP contribution in [-0.4, -0.2) is 45.6 Å². The zero-order valence-corrected chi connectivity index (χ0v) is 13.1. The summed E-state index contributed by atoms with van der Waals surface area (Å²) in [5, 5.41) is 4.09. The third kappa shape index (κ3) is 2.99. The Morgan fingerprint density at radius 3 is 2.57 bits per heavy atom. The molecule has 0 bridgehead atoms. The van der Waals surface area contributed by atoms with Crippen LogP contribution in [0.5, 0.6) is 5.75 Å². The van der Waals surface area contributed by atoms with Crippen LogP contribution in [0, 0.1) is 5.41 Å². The number of hydrogen-bond donors (Lipinski definition) is 0. The topological polar surface area (TPSA) is 56.6 Å². The minimum atomic E-state index is -0.425. The molecule has 0 aromatic carbocycles. The van der Waals surface area contributed by atoms with E-state index in [1.165, 1.54) is 0 Å². The van der Waals surface area contributed by atoms with Gasteiger partial charge in [0, 0.05) is 25.6 Å². The Balaban J connectivity index is 1.42. The summed E-state index contributed by atoms with van der Waals surface area (Å²) in [5.74, 6) is 0.820. The SMILES string of the molecule is Cn1cc(OC2CC3(C2)CN(C(=O)OC(C)(C)C)C3)cn1. The number of hydrogen-bond acceptors (Lipinski definition) is 4. The van der Waals surface area contributed by atoms with Crippen LogP contribution in [0.4, 0.5) is 4.79 Å². The van der Waals surface area contributed by atoms with E-state index in [1.807, 2.05) is 34.0 Å². The van der Waals surface area contributed by atoms with Crippen LogP contribution in [0.2, 0.25) is 0 Å².